The van der Waals surface area contributed by atoms with Gasteiger partial charge < -0.3 is 0 Å². The summed E-state index contributed by atoms with van der Waals surface area (Å²) in [6.45, 7) is 0. The Labute approximate surface area is 142 Å². The molecule has 0 fully saturated rings. The van der Waals surface area contributed by atoms with Crippen molar-refractivity contribution in [1.29, 1.82) is 0 Å². The Morgan fingerprint density at radius 2 is 1.96 bits per heavy atom. The normalized spacial score (nSPS) is 12.1. The molecule has 4 nitrogen and oxygen atoms in total. The van der Waals surface area contributed by atoms with Gasteiger partial charge in [0.15, 0.2) is 0 Å². The summed E-state index contributed by atoms with van der Waals surface area (Å²) >= 11 is 0.942. The van der Waals surface area contributed by atoms with E-state index in [1.54, 1.807) is 15.7 Å². The molecule has 0 amide bonds. The zero-order chi connectivity index (χ0) is 16.9. The van der Waals surface area contributed by atoms with Crippen LogP contribution in [0.3, 0.4) is 0 Å². The van der Waals surface area contributed by atoms with Gasteiger partial charge in [-0.15, -0.1) is 0 Å². The standard InChI is InChI=1S/C15H7F3N2O2SSe/c16-15(17,18)22-8-5-6-10-11(7-8)23-14(19-10)20-13(21)9-3-1-2-4-12(9)24-20/h1-7H. The van der Waals surface area contributed by atoms with Crippen molar-refractivity contribution in [3.63, 3.8) is 0 Å². The number of benzene rings is 2. The average molecular weight is 415 g/mol. The van der Waals surface area contributed by atoms with Crippen molar-refractivity contribution in [2.75, 3.05) is 0 Å². The van der Waals surface area contributed by atoms with Crippen LogP contribution in [0.5, 0.6) is 5.75 Å². The molecule has 0 aliphatic rings. The number of nitrogens with zero attached hydrogens (tertiary/aromatic N) is 2. The molecular weight excluding hydrogens is 408 g/mol. The van der Waals surface area contributed by atoms with Crippen molar-refractivity contribution in [3.8, 4) is 10.9 Å². The van der Waals surface area contributed by atoms with Gasteiger partial charge in [-0.25, -0.2) is 0 Å². The van der Waals surface area contributed by atoms with Crippen LogP contribution < -0.4 is 10.3 Å². The summed E-state index contributed by atoms with van der Waals surface area (Å²) in [6, 6.07) is 11.3. The number of hydrogen-bond acceptors (Lipinski definition) is 4. The Morgan fingerprint density at radius 1 is 1.17 bits per heavy atom. The van der Waals surface area contributed by atoms with Crippen LogP contribution in [-0.4, -0.2) is 29.6 Å². The molecule has 122 valence electrons. The minimum atomic E-state index is -4.74. The molecule has 0 bridgehead atoms. The van der Waals surface area contributed by atoms with E-state index < -0.39 is 6.36 Å². The summed E-state index contributed by atoms with van der Waals surface area (Å²) < 4.78 is 43.9. The fourth-order valence-electron chi connectivity index (χ4n) is 2.27. The summed E-state index contributed by atoms with van der Waals surface area (Å²) in [7, 11) is 0. The first kappa shape index (κ1) is 15.4. The molecule has 0 N–H and O–H groups in total. The molecule has 0 radical (unpaired) electrons. The van der Waals surface area contributed by atoms with Gasteiger partial charge in [0.25, 0.3) is 0 Å². The van der Waals surface area contributed by atoms with Gasteiger partial charge >= 0.3 is 142 Å². The maximum atomic E-state index is 12.5. The number of halogens is 3. The third kappa shape index (κ3) is 2.75. The maximum absolute atomic E-state index is 12.5. The van der Waals surface area contributed by atoms with E-state index in [2.05, 4.69) is 9.72 Å². The second kappa shape index (κ2) is 5.47. The number of rotatable bonds is 2. The van der Waals surface area contributed by atoms with Crippen LogP contribution >= 0.6 is 11.3 Å². The average Bonchev–Trinajstić information content (AvgIpc) is 3.07. The molecule has 2 aromatic carbocycles. The van der Waals surface area contributed by atoms with Crippen LogP contribution in [0.25, 0.3) is 25.0 Å². The molecule has 4 rings (SSSR count). The van der Waals surface area contributed by atoms with Gasteiger partial charge in [0, 0.05) is 0 Å². The fraction of sp³-hybridized carbons (Fsp3) is 0.0667. The van der Waals surface area contributed by atoms with Crippen molar-refractivity contribution >= 4 is 45.9 Å². The molecule has 0 atom stereocenters. The molecule has 0 spiro atoms. The van der Waals surface area contributed by atoms with Crippen LogP contribution in [0.1, 0.15) is 0 Å². The Balaban J connectivity index is 1.82. The van der Waals surface area contributed by atoms with E-state index in [1.165, 1.54) is 29.5 Å². The third-order valence-corrected chi connectivity index (χ3v) is 6.77. The molecular formula is C15H7F3N2O2SSe. The first-order chi connectivity index (χ1) is 11.4. The number of thiazole rings is 1. The summed E-state index contributed by atoms with van der Waals surface area (Å²) in [6.07, 6.45) is -4.74. The van der Waals surface area contributed by atoms with E-state index in [0.29, 0.717) is 20.7 Å². The molecule has 0 saturated heterocycles. The molecule has 9 heteroatoms. The quantitative estimate of drug-likeness (QED) is 0.471. The Bertz CT molecular complexity index is 1110. The number of aromatic nitrogens is 2. The van der Waals surface area contributed by atoms with Crippen LogP contribution in [0.2, 0.25) is 0 Å². The minimum absolute atomic E-state index is 0.128. The third-order valence-electron chi connectivity index (χ3n) is 3.25. The second-order valence-electron chi connectivity index (χ2n) is 4.86. The van der Waals surface area contributed by atoms with Crippen molar-refractivity contribution < 1.29 is 17.9 Å². The summed E-state index contributed by atoms with van der Waals surface area (Å²) in [5.74, 6) is -0.299. The Morgan fingerprint density at radius 3 is 2.71 bits per heavy atom. The van der Waals surface area contributed by atoms with Crippen LogP contribution in [0.15, 0.2) is 47.3 Å². The van der Waals surface area contributed by atoms with Gasteiger partial charge in [0.2, 0.25) is 0 Å². The first-order valence-electron chi connectivity index (χ1n) is 6.68. The second-order valence-corrected chi connectivity index (χ2v) is 7.94. The first-order valence-corrected chi connectivity index (χ1v) is 9.12. The predicted molar refractivity (Wildman–Crippen MR) is 86.3 cm³/mol. The van der Waals surface area contributed by atoms with Crippen LogP contribution in [0, 0.1) is 0 Å². The number of fused-ring (bicyclic) bond motifs is 2. The van der Waals surface area contributed by atoms with Gasteiger partial charge in [-0.1, -0.05) is 0 Å². The van der Waals surface area contributed by atoms with E-state index in [0.717, 1.165) is 4.26 Å². The van der Waals surface area contributed by atoms with E-state index in [-0.39, 0.29) is 26.0 Å². The van der Waals surface area contributed by atoms with Crippen LogP contribution in [-0.2, 0) is 0 Å². The van der Waals surface area contributed by atoms with E-state index in [1.807, 2.05) is 12.1 Å². The van der Waals surface area contributed by atoms with Gasteiger partial charge in [-0.05, 0) is 0 Å². The van der Waals surface area contributed by atoms with E-state index >= 15 is 0 Å². The van der Waals surface area contributed by atoms with Crippen molar-refractivity contribution in [1.82, 2.24) is 8.55 Å². The Hall–Kier alpha value is -2.09. The molecule has 2 heterocycles. The fourth-order valence-corrected chi connectivity index (χ4v) is 5.47. The zero-order valence-electron chi connectivity index (χ0n) is 11.7. The van der Waals surface area contributed by atoms with Crippen molar-refractivity contribution in [2.24, 2.45) is 0 Å². The predicted octanol–water partition coefficient (Wildman–Crippen LogP) is 3.56. The van der Waals surface area contributed by atoms with Gasteiger partial charge in [0.1, 0.15) is 0 Å². The van der Waals surface area contributed by atoms with Gasteiger partial charge in [-0.2, -0.15) is 0 Å². The van der Waals surface area contributed by atoms with E-state index in [9.17, 15) is 18.0 Å². The molecule has 24 heavy (non-hydrogen) atoms. The Kier molecular flexibility index (Phi) is 3.52. The molecule has 0 aliphatic heterocycles. The zero-order valence-corrected chi connectivity index (χ0v) is 14.2. The molecule has 2 aromatic heterocycles. The van der Waals surface area contributed by atoms with Crippen molar-refractivity contribution in [3.05, 3.63) is 52.8 Å². The van der Waals surface area contributed by atoms with E-state index in [4.69, 9.17) is 0 Å². The summed E-state index contributed by atoms with van der Waals surface area (Å²) in [4.78, 5) is 16.8. The topological polar surface area (TPSA) is 44.1 Å². The molecule has 0 aliphatic carbocycles. The monoisotopic (exact) mass is 416 g/mol. The SMILES string of the molecule is O=c1c2ccccc2[se]n1-c1nc2ccc(OC(F)(F)F)cc2s1. The summed E-state index contributed by atoms with van der Waals surface area (Å²) in [5, 5.41) is 1.13. The molecule has 0 unspecified atom stereocenters. The molecule has 4 aromatic rings. The van der Waals surface area contributed by atoms with Crippen LogP contribution in [0.4, 0.5) is 13.2 Å². The number of alkyl halides is 3. The van der Waals surface area contributed by atoms with Crippen molar-refractivity contribution in [2.45, 2.75) is 6.36 Å². The molecule has 0 saturated carbocycles. The number of ether oxygens (including phenoxy) is 1. The number of hydrogen-bond donors (Lipinski definition) is 0. The van der Waals surface area contributed by atoms with Gasteiger partial charge in [-0.3, -0.25) is 0 Å². The van der Waals surface area contributed by atoms with Gasteiger partial charge in [0.05, 0.1) is 0 Å². The summed E-state index contributed by atoms with van der Waals surface area (Å²) in [5.41, 5.74) is 0.403.